The molecule has 150 valence electrons. The van der Waals surface area contributed by atoms with Crippen LogP contribution in [0.3, 0.4) is 0 Å². The summed E-state index contributed by atoms with van der Waals surface area (Å²) >= 11 is 0. The first-order valence-corrected chi connectivity index (χ1v) is 9.43. The van der Waals surface area contributed by atoms with Gasteiger partial charge in [-0.2, -0.15) is 0 Å². The van der Waals surface area contributed by atoms with Crippen molar-refractivity contribution in [3.05, 3.63) is 11.9 Å². The Morgan fingerprint density at radius 3 is 2.42 bits per heavy atom. The van der Waals surface area contributed by atoms with Crippen LogP contribution in [0.4, 0.5) is 0 Å². The summed E-state index contributed by atoms with van der Waals surface area (Å²) in [4.78, 5) is 11.4. The van der Waals surface area contributed by atoms with Gasteiger partial charge in [0.2, 0.25) is 5.91 Å². The number of nitrogens with one attached hydrogen (secondary N) is 1. The molecule has 0 bridgehead atoms. The summed E-state index contributed by atoms with van der Waals surface area (Å²) in [5.41, 5.74) is 0.827. The molecule has 0 aromatic carbocycles. The van der Waals surface area contributed by atoms with Crippen LogP contribution in [0.1, 0.15) is 52.3 Å². The van der Waals surface area contributed by atoms with E-state index in [9.17, 15) is 4.79 Å². The fourth-order valence-corrected chi connectivity index (χ4v) is 2.10. The Bertz CT molecular complexity index is 493. The second-order valence-electron chi connectivity index (χ2n) is 6.67. The van der Waals surface area contributed by atoms with Gasteiger partial charge in [0, 0.05) is 13.0 Å². The zero-order chi connectivity index (χ0) is 19.2. The number of amides is 1. The van der Waals surface area contributed by atoms with E-state index < -0.39 is 0 Å². The third-order valence-electron chi connectivity index (χ3n) is 3.76. The lowest BCUT2D eigenvalue weighted by Gasteiger charge is -2.08. The first-order chi connectivity index (χ1) is 12.5. The zero-order valence-electron chi connectivity index (χ0n) is 16.6. The monoisotopic (exact) mass is 370 g/mol. The van der Waals surface area contributed by atoms with E-state index in [-0.39, 0.29) is 5.91 Å². The quantitative estimate of drug-likeness (QED) is 0.475. The average Bonchev–Trinajstić information content (AvgIpc) is 3.07. The van der Waals surface area contributed by atoms with Crippen LogP contribution in [0.2, 0.25) is 0 Å². The van der Waals surface area contributed by atoms with E-state index in [0.717, 1.165) is 12.1 Å². The Morgan fingerprint density at radius 2 is 1.77 bits per heavy atom. The van der Waals surface area contributed by atoms with Crippen molar-refractivity contribution in [3.63, 3.8) is 0 Å². The molecule has 1 aromatic rings. The van der Waals surface area contributed by atoms with Crippen molar-refractivity contribution in [2.24, 2.45) is 5.92 Å². The molecule has 0 saturated carbocycles. The van der Waals surface area contributed by atoms with Gasteiger partial charge in [0.1, 0.15) is 5.69 Å². The number of carbonyl (C=O) groups is 1. The van der Waals surface area contributed by atoms with Crippen LogP contribution in [0.5, 0.6) is 0 Å². The van der Waals surface area contributed by atoms with Gasteiger partial charge in [0.05, 0.1) is 51.9 Å². The molecule has 8 heteroatoms. The standard InChI is InChI=1S/C18H34N4O4/c1-5-16(4)22-13-17(20-21-22)14-26-11-10-25-9-8-24-7-6-19-18(23)12-15(2)3/h13,15-16H,5-12,14H2,1-4H3,(H,19,23). The van der Waals surface area contributed by atoms with Crippen LogP contribution in [0, 0.1) is 5.92 Å². The van der Waals surface area contributed by atoms with Crippen LogP contribution in [0.15, 0.2) is 6.20 Å². The molecule has 26 heavy (non-hydrogen) atoms. The third kappa shape index (κ3) is 10.5. The molecule has 1 atom stereocenters. The van der Waals surface area contributed by atoms with Gasteiger partial charge in [-0.25, -0.2) is 4.68 Å². The first kappa shape index (κ1) is 22.5. The second-order valence-corrected chi connectivity index (χ2v) is 6.67. The molecule has 8 nitrogen and oxygen atoms in total. The Morgan fingerprint density at radius 1 is 1.12 bits per heavy atom. The summed E-state index contributed by atoms with van der Waals surface area (Å²) in [6, 6.07) is 0.350. The first-order valence-electron chi connectivity index (χ1n) is 9.43. The minimum absolute atomic E-state index is 0.0705. The van der Waals surface area contributed by atoms with E-state index in [2.05, 4.69) is 29.5 Å². The minimum Gasteiger partial charge on any atom is -0.377 e. The van der Waals surface area contributed by atoms with Gasteiger partial charge in [-0.15, -0.1) is 5.10 Å². The molecular formula is C18H34N4O4. The van der Waals surface area contributed by atoms with E-state index in [1.54, 1.807) is 0 Å². The number of carbonyl (C=O) groups excluding carboxylic acids is 1. The average molecular weight is 370 g/mol. The second kappa shape index (κ2) is 13.7. The number of nitrogens with zero attached hydrogens (tertiary/aromatic N) is 3. The Balaban J connectivity index is 1.89. The van der Waals surface area contributed by atoms with Crippen molar-refractivity contribution in [1.82, 2.24) is 20.3 Å². The highest BCUT2D eigenvalue weighted by molar-refractivity contribution is 5.75. The van der Waals surface area contributed by atoms with Gasteiger partial charge in [-0.1, -0.05) is 26.0 Å². The predicted molar refractivity (Wildman–Crippen MR) is 98.8 cm³/mol. The van der Waals surface area contributed by atoms with E-state index in [4.69, 9.17) is 14.2 Å². The third-order valence-corrected chi connectivity index (χ3v) is 3.76. The summed E-state index contributed by atoms with van der Waals surface area (Å²) in [6.45, 7) is 11.8. The van der Waals surface area contributed by atoms with E-state index in [1.807, 2.05) is 24.7 Å². The molecule has 0 radical (unpaired) electrons. The molecule has 0 saturated heterocycles. The summed E-state index contributed by atoms with van der Waals surface area (Å²) in [5, 5.41) is 11.0. The molecule has 0 spiro atoms. The highest BCUT2D eigenvalue weighted by Crippen LogP contribution is 2.08. The lowest BCUT2D eigenvalue weighted by molar-refractivity contribution is -0.122. The fraction of sp³-hybridized carbons (Fsp3) is 0.833. The van der Waals surface area contributed by atoms with Gasteiger partial charge in [-0.05, 0) is 19.3 Å². The number of hydrogen-bond acceptors (Lipinski definition) is 6. The lowest BCUT2D eigenvalue weighted by atomic mass is 10.1. The number of aromatic nitrogens is 3. The van der Waals surface area contributed by atoms with Gasteiger partial charge < -0.3 is 19.5 Å². The van der Waals surface area contributed by atoms with E-state index in [0.29, 0.717) is 64.6 Å². The largest absolute Gasteiger partial charge is 0.377 e. The molecule has 0 aliphatic rings. The SMILES string of the molecule is CCC(C)n1cc(COCCOCCOCCNC(=O)CC(C)C)nn1. The molecule has 0 fully saturated rings. The molecule has 0 aliphatic carbocycles. The summed E-state index contributed by atoms with van der Waals surface area (Å²) in [5.74, 6) is 0.444. The predicted octanol–water partition coefficient (Wildman–Crippen LogP) is 1.96. The van der Waals surface area contributed by atoms with Gasteiger partial charge in [0.25, 0.3) is 0 Å². The van der Waals surface area contributed by atoms with Crippen molar-refractivity contribution in [1.29, 1.82) is 0 Å². The minimum atomic E-state index is 0.0705. The van der Waals surface area contributed by atoms with Crippen LogP contribution >= 0.6 is 0 Å². The van der Waals surface area contributed by atoms with Gasteiger partial charge >= 0.3 is 0 Å². The summed E-state index contributed by atoms with van der Waals surface area (Å²) in [7, 11) is 0. The fourth-order valence-electron chi connectivity index (χ4n) is 2.10. The molecular weight excluding hydrogens is 336 g/mol. The molecule has 1 amide bonds. The highest BCUT2D eigenvalue weighted by Gasteiger charge is 2.06. The maximum atomic E-state index is 11.4. The maximum Gasteiger partial charge on any atom is 0.220 e. The number of ether oxygens (including phenoxy) is 3. The Hall–Kier alpha value is -1.51. The van der Waals surface area contributed by atoms with Gasteiger partial charge in [0.15, 0.2) is 0 Å². The summed E-state index contributed by atoms with van der Waals surface area (Å²) < 4.78 is 18.2. The smallest absolute Gasteiger partial charge is 0.220 e. The van der Waals surface area contributed by atoms with Crippen molar-refractivity contribution in [2.75, 3.05) is 39.6 Å². The number of hydrogen-bond donors (Lipinski definition) is 1. The van der Waals surface area contributed by atoms with Crippen LogP contribution in [0.25, 0.3) is 0 Å². The van der Waals surface area contributed by atoms with Crippen molar-refractivity contribution in [3.8, 4) is 0 Å². The lowest BCUT2D eigenvalue weighted by Crippen LogP contribution is -2.28. The molecule has 1 N–H and O–H groups in total. The molecule has 1 heterocycles. The van der Waals surface area contributed by atoms with Crippen LogP contribution in [-0.2, 0) is 25.6 Å². The van der Waals surface area contributed by atoms with Crippen LogP contribution < -0.4 is 5.32 Å². The van der Waals surface area contributed by atoms with Gasteiger partial charge in [-0.3, -0.25) is 4.79 Å². The Labute approximate surface area is 156 Å². The maximum absolute atomic E-state index is 11.4. The number of rotatable bonds is 15. The van der Waals surface area contributed by atoms with Crippen LogP contribution in [-0.4, -0.2) is 60.5 Å². The molecule has 1 unspecified atom stereocenters. The molecule has 1 aromatic heterocycles. The Kier molecular flexibility index (Phi) is 11.8. The normalized spacial score (nSPS) is 12.5. The molecule has 1 rings (SSSR count). The van der Waals surface area contributed by atoms with E-state index >= 15 is 0 Å². The van der Waals surface area contributed by atoms with Crippen molar-refractivity contribution >= 4 is 5.91 Å². The topological polar surface area (TPSA) is 87.5 Å². The van der Waals surface area contributed by atoms with Crippen molar-refractivity contribution in [2.45, 2.75) is 53.2 Å². The highest BCUT2D eigenvalue weighted by atomic mass is 16.5. The summed E-state index contributed by atoms with van der Waals surface area (Å²) in [6.07, 6.45) is 3.49. The van der Waals surface area contributed by atoms with Crippen molar-refractivity contribution < 1.29 is 19.0 Å². The molecule has 0 aliphatic heterocycles. The van der Waals surface area contributed by atoms with E-state index in [1.165, 1.54) is 0 Å². The zero-order valence-corrected chi connectivity index (χ0v) is 16.6.